The van der Waals surface area contributed by atoms with E-state index in [0.29, 0.717) is 15.9 Å². The van der Waals surface area contributed by atoms with Crippen LogP contribution >= 0.6 is 15.9 Å². The van der Waals surface area contributed by atoms with Gasteiger partial charge < -0.3 is 20.6 Å². The monoisotopic (exact) mass is 338 g/mol. The molecule has 7 heteroatoms. The van der Waals surface area contributed by atoms with Crippen LogP contribution in [-0.4, -0.2) is 17.0 Å². The second-order valence-electron chi connectivity index (χ2n) is 3.92. The maximum atomic E-state index is 11.9. The summed E-state index contributed by atoms with van der Waals surface area (Å²) in [6.07, 6.45) is 0. The molecule has 1 heterocycles. The van der Waals surface area contributed by atoms with E-state index in [9.17, 15) is 9.59 Å². The maximum absolute atomic E-state index is 11.9. The Balaban J connectivity index is 2.19. The number of aromatic carboxylic acids is 1. The molecule has 1 aromatic heterocycles. The molecule has 0 aliphatic carbocycles. The lowest BCUT2D eigenvalue weighted by molar-refractivity contribution is 0.0695. The van der Waals surface area contributed by atoms with Crippen LogP contribution in [0.4, 0.5) is 5.69 Å². The number of halogens is 1. The third kappa shape index (κ3) is 3.06. The molecule has 0 aliphatic heterocycles. The van der Waals surface area contributed by atoms with Gasteiger partial charge in [0.05, 0.1) is 12.1 Å². The van der Waals surface area contributed by atoms with E-state index in [0.717, 1.165) is 0 Å². The summed E-state index contributed by atoms with van der Waals surface area (Å²) in [5.41, 5.74) is 5.81. The molecule has 0 unspecified atom stereocenters. The number of furan rings is 1. The summed E-state index contributed by atoms with van der Waals surface area (Å²) < 4.78 is 5.64. The van der Waals surface area contributed by atoms with Crippen molar-refractivity contribution in [1.29, 1.82) is 0 Å². The second-order valence-corrected chi connectivity index (χ2v) is 4.78. The number of carboxylic acids is 1. The summed E-state index contributed by atoms with van der Waals surface area (Å²) in [6.45, 7) is 0.203. The standard InChI is InChI=1S/C13H11BrN2O4/c14-10-3-1-7(5-9(10)13(18)19)16-12(17)11-4-2-8(6-15)20-11/h1-5H,6,15H2,(H,16,17)(H,18,19). The van der Waals surface area contributed by atoms with Crippen molar-refractivity contribution >= 4 is 33.5 Å². The van der Waals surface area contributed by atoms with E-state index in [4.69, 9.17) is 15.3 Å². The molecular weight excluding hydrogens is 328 g/mol. The molecule has 2 rings (SSSR count). The smallest absolute Gasteiger partial charge is 0.336 e. The lowest BCUT2D eigenvalue weighted by Crippen LogP contribution is -2.11. The van der Waals surface area contributed by atoms with E-state index >= 15 is 0 Å². The van der Waals surface area contributed by atoms with Gasteiger partial charge in [-0.2, -0.15) is 0 Å². The summed E-state index contributed by atoms with van der Waals surface area (Å²) in [5, 5.41) is 11.6. The van der Waals surface area contributed by atoms with Crippen molar-refractivity contribution < 1.29 is 19.1 Å². The minimum absolute atomic E-state index is 0.0601. The van der Waals surface area contributed by atoms with Gasteiger partial charge in [0, 0.05) is 10.2 Å². The van der Waals surface area contributed by atoms with Crippen molar-refractivity contribution in [3.05, 3.63) is 51.9 Å². The zero-order valence-corrected chi connectivity index (χ0v) is 11.8. The Labute approximate surface area is 122 Å². The second kappa shape index (κ2) is 5.89. The molecule has 0 radical (unpaired) electrons. The average Bonchev–Trinajstić information content (AvgIpc) is 2.89. The number of carbonyl (C=O) groups is 2. The summed E-state index contributed by atoms with van der Waals surface area (Å²) >= 11 is 3.13. The Bertz CT molecular complexity index is 666. The molecule has 2 aromatic rings. The highest BCUT2D eigenvalue weighted by molar-refractivity contribution is 9.10. The van der Waals surface area contributed by atoms with E-state index in [2.05, 4.69) is 21.2 Å². The van der Waals surface area contributed by atoms with E-state index in [1.165, 1.54) is 12.1 Å². The third-order valence-corrected chi connectivity index (χ3v) is 3.23. The Morgan fingerprint density at radius 3 is 2.65 bits per heavy atom. The van der Waals surface area contributed by atoms with Crippen molar-refractivity contribution in [2.75, 3.05) is 5.32 Å². The van der Waals surface area contributed by atoms with Crippen LogP contribution < -0.4 is 11.1 Å². The number of benzene rings is 1. The van der Waals surface area contributed by atoms with Crippen LogP contribution in [0.3, 0.4) is 0 Å². The SMILES string of the molecule is NCc1ccc(C(=O)Nc2ccc(Br)c(C(=O)O)c2)o1. The molecule has 4 N–H and O–H groups in total. The van der Waals surface area contributed by atoms with Crippen LogP contribution in [0.5, 0.6) is 0 Å². The van der Waals surface area contributed by atoms with Crippen molar-refractivity contribution in [2.24, 2.45) is 5.73 Å². The number of carbonyl (C=O) groups excluding carboxylic acids is 1. The number of nitrogens with one attached hydrogen (secondary N) is 1. The molecule has 20 heavy (non-hydrogen) atoms. The van der Waals surface area contributed by atoms with Gasteiger partial charge >= 0.3 is 5.97 Å². The fourth-order valence-corrected chi connectivity index (χ4v) is 1.99. The Hall–Kier alpha value is -2.12. The highest BCUT2D eigenvalue weighted by Crippen LogP contribution is 2.21. The normalized spacial score (nSPS) is 10.3. The number of hydrogen-bond acceptors (Lipinski definition) is 4. The third-order valence-electron chi connectivity index (χ3n) is 2.54. The van der Waals surface area contributed by atoms with Crippen LogP contribution in [-0.2, 0) is 6.54 Å². The first-order valence-electron chi connectivity index (χ1n) is 5.64. The van der Waals surface area contributed by atoms with Gasteiger partial charge in [-0.15, -0.1) is 0 Å². The highest BCUT2D eigenvalue weighted by atomic mass is 79.9. The molecule has 1 amide bonds. The molecule has 0 bridgehead atoms. The molecule has 104 valence electrons. The van der Waals surface area contributed by atoms with Crippen LogP contribution in [0.15, 0.2) is 39.2 Å². The summed E-state index contributed by atoms with van der Waals surface area (Å²) in [4.78, 5) is 22.9. The molecular formula is C13H11BrN2O4. The predicted molar refractivity (Wildman–Crippen MR) is 75.7 cm³/mol. The van der Waals surface area contributed by atoms with E-state index in [-0.39, 0.29) is 17.9 Å². The Kier molecular flexibility index (Phi) is 4.21. The topological polar surface area (TPSA) is 106 Å². The molecule has 0 spiro atoms. The quantitative estimate of drug-likeness (QED) is 0.793. The van der Waals surface area contributed by atoms with E-state index in [1.54, 1.807) is 18.2 Å². The molecule has 0 saturated carbocycles. The fraction of sp³-hybridized carbons (Fsp3) is 0.0769. The predicted octanol–water partition coefficient (Wildman–Crippen LogP) is 2.45. The fourth-order valence-electron chi connectivity index (χ4n) is 1.57. The van der Waals surface area contributed by atoms with Crippen molar-refractivity contribution in [3.8, 4) is 0 Å². The first-order valence-corrected chi connectivity index (χ1v) is 6.43. The largest absolute Gasteiger partial charge is 0.478 e. The first kappa shape index (κ1) is 14.3. The number of anilines is 1. The van der Waals surface area contributed by atoms with Gasteiger partial charge in [-0.3, -0.25) is 4.79 Å². The van der Waals surface area contributed by atoms with Gasteiger partial charge in [0.25, 0.3) is 5.91 Å². The van der Waals surface area contributed by atoms with Crippen LogP contribution in [0.2, 0.25) is 0 Å². The zero-order chi connectivity index (χ0) is 14.7. The molecule has 0 atom stereocenters. The van der Waals surface area contributed by atoms with Gasteiger partial charge in [0.2, 0.25) is 0 Å². The first-order chi connectivity index (χ1) is 9.51. The van der Waals surface area contributed by atoms with Crippen molar-refractivity contribution in [3.63, 3.8) is 0 Å². The van der Waals surface area contributed by atoms with Crippen LogP contribution in [0.1, 0.15) is 26.7 Å². The van der Waals surface area contributed by atoms with Gasteiger partial charge in [-0.25, -0.2) is 4.79 Å². The lowest BCUT2D eigenvalue weighted by Gasteiger charge is -2.05. The molecule has 0 fully saturated rings. The number of hydrogen-bond donors (Lipinski definition) is 3. The Morgan fingerprint density at radius 2 is 2.05 bits per heavy atom. The number of rotatable bonds is 4. The minimum Gasteiger partial charge on any atom is -0.478 e. The zero-order valence-electron chi connectivity index (χ0n) is 10.2. The van der Waals surface area contributed by atoms with Gasteiger partial charge in [0.15, 0.2) is 5.76 Å². The number of carboxylic acid groups (broad SMARTS) is 1. The van der Waals surface area contributed by atoms with Crippen molar-refractivity contribution in [1.82, 2.24) is 0 Å². The van der Waals surface area contributed by atoms with E-state index in [1.807, 2.05) is 0 Å². The summed E-state index contributed by atoms with van der Waals surface area (Å²) in [7, 11) is 0. The van der Waals surface area contributed by atoms with Crippen molar-refractivity contribution in [2.45, 2.75) is 6.54 Å². The van der Waals surface area contributed by atoms with Gasteiger partial charge in [-0.05, 0) is 46.3 Å². The minimum atomic E-state index is -1.09. The number of amides is 1. The van der Waals surface area contributed by atoms with Crippen LogP contribution in [0.25, 0.3) is 0 Å². The Morgan fingerprint density at radius 1 is 1.30 bits per heavy atom. The van der Waals surface area contributed by atoms with Gasteiger partial charge in [-0.1, -0.05) is 0 Å². The molecule has 1 aromatic carbocycles. The van der Waals surface area contributed by atoms with Crippen LogP contribution in [0, 0.1) is 0 Å². The van der Waals surface area contributed by atoms with Gasteiger partial charge in [0.1, 0.15) is 5.76 Å². The number of nitrogens with two attached hydrogens (primary N) is 1. The summed E-state index contributed by atoms with van der Waals surface area (Å²) in [6, 6.07) is 7.61. The maximum Gasteiger partial charge on any atom is 0.336 e. The molecule has 0 saturated heterocycles. The van der Waals surface area contributed by atoms with E-state index < -0.39 is 11.9 Å². The lowest BCUT2D eigenvalue weighted by atomic mass is 10.2. The molecule has 0 aliphatic rings. The highest BCUT2D eigenvalue weighted by Gasteiger charge is 2.13. The molecule has 6 nitrogen and oxygen atoms in total. The summed E-state index contributed by atoms with van der Waals surface area (Å²) in [5.74, 6) is -0.942. The average molecular weight is 339 g/mol.